The Kier molecular flexibility index (Phi) is 6.31. The van der Waals surface area contributed by atoms with Crippen LogP contribution in [0, 0.1) is 18.0 Å². The first-order chi connectivity index (χ1) is 19.0. The van der Waals surface area contributed by atoms with Gasteiger partial charge >= 0.3 is 12.4 Å². The number of hydrogen-bond donors (Lipinski definition) is 0. The molecule has 0 fully saturated rings. The molecule has 0 saturated heterocycles. The second kappa shape index (κ2) is 9.67. The lowest BCUT2D eigenvalue weighted by Gasteiger charge is -2.23. The fourth-order valence-electron chi connectivity index (χ4n) is 4.05. The predicted molar refractivity (Wildman–Crippen MR) is 128 cm³/mol. The van der Waals surface area contributed by atoms with Gasteiger partial charge in [0.1, 0.15) is 39.9 Å². The molecule has 0 bridgehead atoms. The van der Waals surface area contributed by atoms with E-state index in [2.05, 4.69) is 35.0 Å². The Bertz CT molecular complexity index is 1650. The Morgan fingerprint density at radius 3 is 1.43 bits per heavy atom. The second-order valence-corrected chi connectivity index (χ2v) is 8.07. The third kappa shape index (κ3) is 4.52. The monoisotopic (exact) mass is 548 g/mol. The number of aliphatic imine (C=N–C) groups is 1. The molecule has 1 aliphatic rings. The zero-order valence-electron chi connectivity index (χ0n) is 19.6. The molecule has 0 amide bonds. The van der Waals surface area contributed by atoms with Crippen LogP contribution >= 0.6 is 0 Å². The Morgan fingerprint density at radius 1 is 0.625 bits per heavy atom. The summed E-state index contributed by atoms with van der Waals surface area (Å²) in [4.78, 5) is 22.0. The van der Waals surface area contributed by atoms with Crippen LogP contribution in [0.1, 0.15) is 34.2 Å². The molecule has 0 spiro atoms. The van der Waals surface area contributed by atoms with Crippen molar-refractivity contribution in [3.8, 4) is 28.7 Å². The van der Waals surface area contributed by atoms with Gasteiger partial charge in [0, 0.05) is 11.1 Å². The van der Waals surface area contributed by atoms with E-state index in [4.69, 9.17) is 6.57 Å². The average Bonchev–Trinajstić information content (AvgIpc) is 2.93. The van der Waals surface area contributed by atoms with Crippen LogP contribution in [0.25, 0.3) is 27.5 Å². The van der Waals surface area contributed by atoms with Crippen molar-refractivity contribution in [1.29, 1.82) is 5.26 Å². The fraction of sp³-hybridized carbons (Fsp3) is 0.0769. The molecule has 0 atom stereocenters. The van der Waals surface area contributed by atoms with Gasteiger partial charge in [0.15, 0.2) is 11.4 Å². The van der Waals surface area contributed by atoms with Crippen LogP contribution in [0.5, 0.6) is 0 Å². The highest BCUT2D eigenvalue weighted by Gasteiger charge is 2.44. The van der Waals surface area contributed by atoms with Gasteiger partial charge in [-0.25, -0.2) is 19.9 Å². The zero-order chi connectivity index (χ0) is 28.7. The maximum Gasteiger partial charge on any atom is 0.435 e. The van der Waals surface area contributed by atoms with Crippen LogP contribution in [0.15, 0.2) is 70.8 Å². The molecule has 0 radical (unpaired) electrons. The van der Waals surface area contributed by atoms with Crippen LogP contribution < -0.4 is 0 Å². The molecule has 2 heterocycles. The van der Waals surface area contributed by atoms with Crippen molar-refractivity contribution >= 4 is 11.4 Å². The van der Waals surface area contributed by atoms with Gasteiger partial charge in [-0.3, -0.25) is 0 Å². The standard InChI is InChI=1S/C26H10F6N8/c1-34-40-22-20-19(38-23(25(27,28)29)16(37-20)14-10-6-3-7-11-14)17(35-12-33)18-21(22)39-24(26(30,31)32)15(36-18)13-8-4-2-5-9-13/h2-11H/b35-17?,40-22-. The minimum Gasteiger partial charge on any atom is -0.241 e. The van der Waals surface area contributed by atoms with Crippen molar-refractivity contribution in [3.63, 3.8) is 0 Å². The maximum atomic E-state index is 14.2. The number of nitriles is 1. The lowest BCUT2D eigenvalue weighted by molar-refractivity contribution is -0.141. The summed E-state index contributed by atoms with van der Waals surface area (Å²) in [5.41, 5.74) is -7.79. The lowest BCUT2D eigenvalue weighted by Crippen LogP contribution is -2.31. The van der Waals surface area contributed by atoms with Gasteiger partial charge < -0.3 is 0 Å². The third-order valence-corrected chi connectivity index (χ3v) is 5.63. The van der Waals surface area contributed by atoms with Gasteiger partial charge in [0.2, 0.25) is 11.9 Å². The van der Waals surface area contributed by atoms with Gasteiger partial charge in [-0.15, -0.1) is 4.95 Å². The zero-order valence-corrected chi connectivity index (χ0v) is 19.6. The molecule has 196 valence electrons. The lowest BCUT2D eigenvalue weighted by atomic mass is 9.94. The number of halogens is 6. The highest BCUT2D eigenvalue weighted by molar-refractivity contribution is 6.29. The van der Waals surface area contributed by atoms with Crippen LogP contribution in [-0.2, 0) is 12.4 Å². The molecule has 14 heteroatoms. The van der Waals surface area contributed by atoms with Gasteiger partial charge in [-0.2, -0.15) is 43.2 Å². The summed E-state index contributed by atoms with van der Waals surface area (Å²) < 4.78 is 85.1. The quantitative estimate of drug-likeness (QED) is 0.118. The van der Waals surface area contributed by atoms with E-state index in [9.17, 15) is 31.6 Å². The van der Waals surface area contributed by atoms with Gasteiger partial charge in [-0.1, -0.05) is 60.7 Å². The summed E-state index contributed by atoms with van der Waals surface area (Å²) >= 11 is 0. The summed E-state index contributed by atoms with van der Waals surface area (Å²) in [5.74, 6) is 0. The van der Waals surface area contributed by atoms with Crippen LogP contribution in [0.4, 0.5) is 26.3 Å². The molecular formula is C26H10F6N8. The first-order valence-electron chi connectivity index (χ1n) is 11.1. The van der Waals surface area contributed by atoms with E-state index in [-0.39, 0.29) is 11.1 Å². The Labute approximate surface area is 220 Å². The molecule has 0 N–H and O–H groups in total. The van der Waals surface area contributed by atoms with Crippen molar-refractivity contribution in [1.82, 2.24) is 19.9 Å². The molecule has 0 aliphatic heterocycles. The molecule has 2 aromatic carbocycles. The normalized spacial score (nSPS) is 14.8. The van der Waals surface area contributed by atoms with Gasteiger partial charge in [0.25, 0.3) is 0 Å². The Balaban J connectivity index is 1.91. The van der Waals surface area contributed by atoms with E-state index in [0.717, 1.165) is 0 Å². The van der Waals surface area contributed by atoms with Gasteiger partial charge in [0.05, 0.1) is 5.10 Å². The van der Waals surface area contributed by atoms with E-state index in [0.29, 0.717) is 0 Å². The third-order valence-electron chi connectivity index (χ3n) is 5.63. The number of nitrogens with zero attached hydrogens (tertiary/aromatic N) is 8. The number of fused-ring (bicyclic) bond motifs is 2. The molecule has 5 rings (SSSR count). The number of alkyl halides is 6. The molecule has 2 aromatic heterocycles. The summed E-state index contributed by atoms with van der Waals surface area (Å²) in [6.45, 7) is 7.22. The SMILES string of the molecule is [C-]#[N+]/N=C1/c2nc(-c3ccccc3)c(C(F)(F)F)nc2C(=NC#N)c2nc(-c3ccccc3)c(C(F)(F)F)nc21. The first-order valence-corrected chi connectivity index (χ1v) is 11.1. The Morgan fingerprint density at radius 2 is 1.02 bits per heavy atom. The van der Waals surface area contributed by atoms with Crippen molar-refractivity contribution in [2.24, 2.45) is 10.1 Å². The number of benzene rings is 2. The topological polar surface area (TPSA) is 104 Å². The molecular weight excluding hydrogens is 538 g/mol. The predicted octanol–water partition coefficient (Wildman–Crippen LogP) is 5.94. The van der Waals surface area contributed by atoms with Crippen LogP contribution in [0.2, 0.25) is 0 Å². The van der Waals surface area contributed by atoms with E-state index in [1.54, 1.807) is 12.1 Å². The Hall–Kier alpha value is -5.50. The fourth-order valence-corrected chi connectivity index (χ4v) is 4.05. The molecule has 40 heavy (non-hydrogen) atoms. The van der Waals surface area contributed by atoms with Crippen LogP contribution in [0.3, 0.4) is 0 Å². The maximum absolute atomic E-state index is 14.2. The van der Waals surface area contributed by atoms with Crippen molar-refractivity contribution in [3.05, 3.63) is 106 Å². The summed E-state index contributed by atoms with van der Waals surface area (Å²) in [5, 5.41) is 12.9. The second-order valence-electron chi connectivity index (χ2n) is 8.07. The minimum absolute atomic E-state index is 0.0154. The molecule has 1 aliphatic carbocycles. The number of aromatic nitrogens is 4. The highest BCUT2D eigenvalue weighted by atomic mass is 19.4. The summed E-state index contributed by atoms with van der Waals surface area (Å²) in [6.07, 6.45) is -8.65. The minimum atomic E-state index is -5.04. The van der Waals surface area contributed by atoms with Crippen molar-refractivity contribution < 1.29 is 26.3 Å². The van der Waals surface area contributed by atoms with Crippen LogP contribution in [-0.4, -0.2) is 31.4 Å². The molecule has 4 aromatic rings. The van der Waals surface area contributed by atoms with E-state index in [1.807, 2.05) is 0 Å². The van der Waals surface area contributed by atoms with Crippen molar-refractivity contribution in [2.75, 3.05) is 0 Å². The first kappa shape index (κ1) is 26.1. The number of hydrogen-bond acceptors (Lipinski definition) is 7. The number of rotatable bonds is 2. The van der Waals surface area contributed by atoms with Gasteiger partial charge in [-0.05, 0) is 0 Å². The van der Waals surface area contributed by atoms with Crippen molar-refractivity contribution in [2.45, 2.75) is 12.4 Å². The smallest absolute Gasteiger partial charge is 0.241 e. The average molecular weight is 548 g/mol. The molecule has 0 saturated carbocycles. The molecule has 0 unspecified atom stereocenters. The largest absolute Gasteiger partial charge is 0.435 e. The van der Waals surface area contributed by atoms with E-state index < -0.39 is 69.3 Å². The summed E-state index contributed by atoms with van der Waals surface area (Å²) in [6, 6.07) is 14.2. The summed E-state index contributed by atoms with van der Waals surface area (Å²) in [7, 11) is 0. The van der Waals surface area contributed by atoms with E-state index in [1.165, 1.54) is 54.7 Å². The molecule has 8 nitrogen and oxygen atoms in total. The highest BCUT2D eigenvalue weighted by Crippen LogP contribution is 2.40. The van der Waals surface area contributed by atoms with E-state index >= 15 is 0 Å².